The van der Waals surface area contributed by atoms with Crippen LogP contribution in [-0.4, -0.2) is 6.04 Å². The molecule has 92 valence electrons. The monoisotopic (exact) mass is 232 g/mol. The summed E-state index contributed by atoms with van der Waals surface area (Å²) in [7, 11) is 0. The summed E-state index contributed by atoms with van der Waals surface area (Å²) in [6.45, 7) is 1.04. The molecule has 2 heteroatoms. The van der Waals surface area contributed by atoms with Crippen molar-refractivity contribution in [3.63, 3.8) is 0 Å². The van der Waals surface area contributed by atoms with E-state index in [9.17, 15) is 0 Å². The van der Waals surface area contributed by atoms with Crippen LogP contribution >= 0.6 is 0 Å². The van der Waals surface area contributed by atoms with E-state index >= 15 is 0 Å². The second kappa shape index (κ2) is 3.88. The third kappa shape index (κ3) is 1.74. The van der Waals surface area contributed by atoms with E-state index in [1.54, 1.807) is 12.7 Å². The van der Waals surface area contributed by atoms with E-state index in [-0.39, 0.29) is 0 Å². The zero-order valence-electron chi connectivity index (χ0n) is 10.3. The summed E-state index contributed by atoms with van der Waals surface area (Å²) in [5.41, 5.74) is 0. The summed E-state index contributed by atoms with van der Waals surface area (Å²) in [5.74, 6) is 5.35. The third-order valence-electron chi connectivity index (χ3n) is 5.47. The first-order valence-corrected chi connectivity index (χ1v) is 7.24. The topological polar surface area (TPSA) is 29.8 Å². The number of rotatable bonds is 3. The SMILES string of the molecule is c1coc(C[NH2+]C2C3CC4CC(C3)CC2C4)c1. The van der Waals surface area contributed by atoms with E-state index in [1.807, 2.05) is 6.07 Å². The molecule has 1 aromatic rings. The van der Waals surface area contributed by atoms with Crippen molar-refractivity contribution < 1.29 is 9.73 Å². The number of hydrogen-bond acceptors (Lipinski definition) is 1. The molecule has 1 aromatic heterocycles. The van der Waals surface area contributed by atoms with Crippen LogP contribution in [0, 0.1) is 23.7 Å². The second-order valence-corrected chi connectivity index (χ2v) is 6.53. The van der Waals surface area contributed by atoms with E-state index in [0.717, 1.165) is 42.0 Å². The summed E-state index contributed by atoms with van der Waals surface area (Å²) in [6.07, 6.45) is 9.43. The molecule has 2 N–H and O–H groups in total. The molecule has 0 aliphatic heterocycles. The van der Waals surface area contributed by atoms with Crippen molar-refractivity contribution in [3.8, 4) is 0 Å². The van der Waals surface area contributed by atoms with Crippen LogP contribution < -0.4 is 5.32 Å². The number of hydrogen-bond donors (Lipinski definition) is 1. The minimum Gasteiger partial charge on any atom is -0.463 e. The number of furan rings is 1. The van der Waals surface area contributed by atoms with Crippen molar-refractivity contribution in [2.24, 2.45) is 23.7 Å². The van der Waals surface area contributed by atoms with Crippen LogP contribution in [0.1, 0.15) is 37.9 Å². The molecule has 2 nitrogen and oxygen atoms in total. The molecule has 4 fully saturated rings. The fourth-order valence-electron chi connectivity index (χ4n) is 5.03. The first-order valence-electron chi connectivity index (χ1n) is 7.24. The highest BCUT2D eigenvalue weighted by Crippen LogP contribution is 2.52. The highest BCUT2D eigenvalue weighted by Gasteiger charge is 2.50. The largest absolute Gasteiger partial charge is 0.463 e. The van der Waals surface area contributed by atoms with Gasteiger partial charge in [-0.25, -0.2) is 0 Å². The van der Waals surface area contributed by atoms with Gasteiger partial charge in [0.2, 0.25) is 0 Å². The van der Waals surface area contributed by atoms with Crippen molar-refractivity contribution in [1.29, 1.82) is 0 Å². The van der Waals surface area contributed by atoms with Crippen LogP contribution in [-0.2, 0) is 6.54 Å². The van der Waals surface area contributed by atoms with Gasteiger partial charge >= 0.3 is 0 Å². The molecular weight excluding hydrogens is 210 g/mol. The maximum atomic E-state index is 5.45. The van der Waals surface area contributed by atoms with E-state index < -0.39 is 0 Å². The molecule has 4 saturated carbocycles. The Morgan fingerprint density at radius 2 is 1.76 bits per heavy atom. The predicted octanol–water partition coefficient (Wildman–Crippen LogP) is 2.17. The first-order chi connectivity index (χ1) is 8.38. The molecule has 0 spiro atoms. The summed E-state index contributed by atoms with van der Waals surface area (Å²) < 4.78 is 5.45. The Labute approximate surface area is 103 Å². The highest BCUT2D eigenvalue weighted by molar-refractivity contribution is 4.99. The van der Waals surface area contributed by atoms with Crippen molar-refractivity contribution in [3.05, 3.63) is 24.2 Å². The molecule has 0 atom stereocenters. The smallest absolute Gasteiger partial charge is 0.157 e. The standard InChI is InChI=1S/C15H21NO/c1-2-14(17-3-1)9-16-15-12-5-10-4-11(7-12)8-13(15)6-10/h1-3,10-13,15-16H,4-9H2/p+1. The van der Waals surface area contributed by atoms with E-state index in [4.69, 9.17) is 4.42 Å². The molecule has 4 aliphatic rings. The molecule has 0 unspecified atom stereocenters. The van der Waals surface area contributed by atoms with Crippen LogP contribution in [0.4, 0.5) is 0 Å². The van der Waals surface area contributed by atoms with Gasteiger partial charge in [0, 0.05) is 11.8 Å². The summed E-state index contributed by atoms with van der Waals surface area (Å²) >= 11 is 0. The number of quaternary nitrogens is 1. The lowest BCUT2D eigenvalue weighted by molar-refractivity contribution is -0.724. The van der Waals surface area contributed by atoms with Gasteiger partial charge < -0.3 is 9.73 Å². The average Bonchev–Trinajstić information content (AvgIpc) is 2.80. The minimum absolute atomic E-state index is 0.896. The Balaban J connectivity index is 1.44. The van der Waals surface area contributed by atoms with Crippen LogP contribution in [0.15, 0.2) is 22.8 Å². The van der Waals surface area contributed by atoms with Crippen LogP contribution in [0.25, 0.3) is 0 Å². The van der Waals surface area contributed by atoms with Gasteiger partial charge in [0.1, 0.15) is 6.54 Å². The Morgan fingerprint density at radius 1 is 1.06 bits per heavy atom. The lowest BCUT2D eigenvalue weighted by Gasteiger charge is -2.52. The Kier molecular flexibility index (Phi) is 2.32. The van der Waals surface area contributed by atoms with Crippen molar-refractivity contribution >= 4 is 0 Å². The van der Waals surface area contributed by atoms with Crippen LogP contribution in [0.5, 0.6) is 0 Å². The summed E-state index contributed by atoms with van der Waals surface area (Å²) in [5, 5.41) is 2.58. The summed E-state index contributed by atoms with van der Waals surface area (Å²) in [6, 6.07) is 5.00. The van der Waals surface area contributed by atoms with Crippen molar-refractivity contribution in [1.82, 2.24) is 0 Å². The molecule has 0 saturated heterocycles. The van der Waals surface area contributed by atoms with Gasteiger partial charge in [0.05, 0.1) is 12.3 Å². The molecule has 5 rings (SSSR count). The van der Waals surface area contributed by atoms with Gasteiger partial charge in [-0.1, -0.05) is 0 Å². The highest BCUT2D eigenvalue weighted by atomic mass is 16.3. The van der Waals surface area contributed by atoms with Crippen molar-refractivity contribution in [2.75, 3.05) is 0 Å². The van der Waals surface area contributed by atoms with E-state index in [1.165, 1.54) is 25.7 Å². The maximum Gasteiger partial charge on any atom is 0.157 e. The minimum atomic E-state index is 0.896. The molecule has 17 heavy (non-hydrogen) atoms. The van der Waals surface area contributed by atoms with Gasteiger partial charge in [0.25, 0.3) is 0 Å². The van der Waals surface area contributed by atoms with E-state index in [2.05, 4.69) is 11.4 Å². The second-order valence-electron chi connectivity index (χ2n) is 6.53. The normalized spacial score (nSPS) is 43.2. The molecule has 0 radical (unpaired) electrons. The van der Waals surface area contributed by atoms with Gasteiger partial charge in [0.15, 0.2) is 5.76 Å². The quantitative estimate of drug-likeness (QED) is 0.850. The fourth-order valence-corrected chi connectivity index (χ4v) is 5.03. The fraction of sp³-hybridized carbons (Fsp3) is 0.733. The lowest BCUT2D eigenvalue weighted by Crippen LogP contribution is -2.93. The zero-order valence-corrected chi connectivity index (χ0v) is 10.3. The average molecular weight is 232 g/mol. The van der Waals surface area contributed by atoms with Gasteiger partial charge in [-0.2, -0.15) is 0 Å². The maximum absolute atomic E-state index is 5.45. The number of nitrogens with two attached hydrogens (primary N) is 1. The molecule has 0 aromatic carbocycles. The molecule has 0 amide bonds. The zero-order chi connectivity index (χ0) is 11.2. The molecule has 4 aliphatic carbocycles. The molecular formula is C15H22NO+. The van der Waals surface area contributed by atoms with Crippen LogP contribution in [0.2, 0.25) is 0 Å². The Morgan fingerprint density at radius 3 is 2.35 bits per heavy atom. The molecule has 1 heterocycles. The van der Waals surface area contributed by atoms with Crippen molar-refractivity contribution in [2.45, 2.75) is 44.7 Å². The van der Waals surface area contributed by atoms with Gasteiger partial charge in [-0.05, 0) is 56.1 Å². The predicted molar refractivity (Wildman–Crippen MR) is 65.2 cm³/mol. The van der Waals surface area contributed by atoms with E-state index in [0.29, 0.717) is 0 Å². The summed E-state index contributed by atoms with van der Waals surface area (Å²) in [4.78, 5) is 0. The van der Waals surface area contributed by atoms with Crippen LogP contribution in [0.3, 0.4) is 0 Å². The molecule has 4 bridgehead atoms. The third-order valence-corrected chi connectivity index (χ3v) is 5.47. The Hall–Kier alpha value is -0.760. The lowest BCUT2D eigenvalue weighted by atomic mass is 9.54. The van der Waals surface area contributed by atoms with Gasteiger partial charge in [-0.15, -0.1) is 0 Å². The first kappa shape index (κ1) is 10.2. The Bertz CT molecular complexity index is 356. The van der Waals surface area contributed by atoms with Gasteiger partial charge in [-0.3, -0.25) is 0 Å².